The molecule has 38 heavy (non-hydrogen) atoms. The molecule has 1 aromatic carbocycles. The van der Waals surface area contributed by atoms with Gasteiger partial charge in [0.15, 0.2) is 5.16 Å². The molecule has 0 spiro atoms. The highest BCUT2D eigenvalue weighted by Crippen LogP contribution is 2.38. The first-order chi connectivity index (χ1) is 18.3. The van der Waals surface area contributed by atoms with Gasteiger partial charge in [-0.2, -0.15) is 0 Å². The molecule has 9 nitrogen and oxygen atoms in total. The van der Waals surface area contributed by atoms with E-state index in [4.69, 9.17) is 9.47 Å². The number of aryl methyl sites for hydroxylation is 1. The van der Waals surface area contributed by atoms with Crippen molar-refractivity contribution in [1.82, 2.24) is 24.1 Å². The number of thioether (sulfide) groups is 1. The quantitative estimate of drug-likeness (QED) is 0.347. The average molecular weight is 554 g/mol. The highest BCUT2D eigenvalue weighted by atomic mass is 32.2. The number of carbonyl (C=O) groups excluding carboxylic acids is 1. The second-order valence-corrected chi connectivity index (χ2v) is 12.7. The van der Waals surface area contributed by atoms with Crippen LogP contribution < -0.4 is 5.56 Å². The van der Waals surface area contributed by atoms with Crippen molar-refractivity contribution < 1.29 is 14.3 Å². The molecule has 0 aliphatic carbocycles. The number of aromatic nitrogens is 4. The summed E-state index contributed by atoms with van der Waals surface area (Å²) in [5, 5.41) is 9.92. The lowest BCUT2D eigenvalue weighted by molar-refractivity contribution is -0.134. The number of rotatable bonds is 5. The Hall–Kier alpha value is -2.73. The molecule has 0 saturated carbocycles. The van der Waals surface area contributed by atoms with Crippen molar-refractivity contribution >= 4 is 45.0 Å². The maximum absolute atomic E-state index is 14.2. The molecule has 0 unspecified atom stereocenters. The summed E-state index contributed by atoms with van der Waals surface area (Å²) in [6, 6.07) is 7.85. The number of morpholine rings is 1. The van der Waals surface area contributed by atoms with Crippen LogP contribution in [0.15, 0.2) is 34.2 Å². The van der Waals surface area contributed by atoms with Gasteiger partial charge in [-0.05, 0) is 37.5 Å². The molecule has 11 heteroatoms. The molecule has 5 heterocycles. The normalized spacial score (nSPS) is 18.9. The predicted molar refractivity (Wildman–Crippen MR) is 149 cm³/mol. The highest BCUT2D eigenvalue weighted by Gasteiger charge is 2.31. The van der Waals surface area contributed by atoms with Gasteiger partial charge in [0.05, 0.1) is 42.2 Å². The molecule has 2 atom stereocenters. The number of carbonyl (C=O) groups is 1. The summed E-state index contributed by atoms with van der Waals surface area (Å²) < 4.78 is 15.2. The first-order valence-corrected chi connectivity index (χ1v) is 14.7. The summed E-state index contributed by atoms with van der Waals surface area (Å²) in [6.45, 7) is 11.0. The minimum Gasteiger partial charge on any atom is -0.378 e. The Balaban J connectivity index is 1.52. The van der Waals surface area contributed by atoms with Crippen LogP contribution in [0.1, 0.15) is 36.8 Å². The van der Waals surface area contributed by atoms with Crippen LogP contribution in [-0.2, 0) is 27.3 Å². The summed E-state index contributed by atoms with van der Waals surface area (Å²) in [5.41, 5.74) is 2.81. The average Bonchev–Trinajstić information content (AvgIpc) is 3.51. The summed E-state index contributed by atoms with van der Waals surface area (Å²) in [5.74, 6) is 0.839. The fourth-order valence-corrected chi connectivity index (χ4v) is 7.35. The lowest BCUT2D eigenvalue weighted by Gasteiger charge is -2.28. The largest absolute Gasteiger partial charge is 0.378 e. The van der Waals surface area contributed by atoms with Gasteiger partial charge in [-0.25, -0.2) is 8.97 Å². The topological polar surface area (TPSA) is 91.0 Å². The second kappa shape index (κ2) is 10.1. The van der Waals surface area contributed by atoms with Crippen LogP contribution in [0.2, 0.25) is 0 Å². The van der Waals surface area contributed by atoms with Crippen LogP contribution in [0, 0.1) is 12.8 Å². The van der Waals surface area contributed by atoms with Crippen LogP contribution in [-0.4, -0.2) is 67.6 Å². The molecular formula is C27H31N5O4S2. The van der Waals surface area contributed by atoms with Crippen molar-refractivity contribution in [3.8, 4) is 5.69 Å². The van der Waals surface area contributed by atoms with Gasteiger partial charge in [-0.1, -0.05) is 43.3 Å². The smallest absolute Gasteiger partial charge is 0.268 e. The Morgan fingerprint density at radius 2 is 1.87 bits per heavy atom. The number of nitrogens with zero attached hydrogens (tertiary/aromatic N) is 5. The first kappa shape index (κ1) is 25.5. The summed E-state index contributed by atoms with van der Waals surface area (Å²) in [7, 11) is 0. The Labute approximate surface area is 228 Å². The van der Waals surface area contributed by atoms with Crippen LogP contribution in [0.5, 0.6) is 0 Å². The highest BCUT2D eigenvalue weighted by molar-refractivity contribution is 8.00. The SMILES string of the molecule is Cc1ccc(-n2c(=O)c3c4c(sc3n3c(S[C@@H](C)C(=O)N5CCOCC5)nnc23)CO[C@@H](C(C)C)C4)cc1. The molecule has 3 aromatic heterocycles. The Kier molecular flexibility index (Phi) is 6.79. The Bertz CT molecular complexity index is 1570. The van der Waals surface area contributed by atoms with Crippen molar-refractivity contribution in [2.75, 3.05) is 26.3 Å². The molecule has 1 saturated heterocycles. The van der Waals surface area contributed by atoms with Crippen LogP contribution in [0.4, 0.5) is 0 Å². The third-order valence-corrected chi connectivity index (χ3v) is 9.55. The van der Waals surface area contributed by atoms with Crippen LogP contribution in [0.25, 0.3) is 21.7 Å². The van der Waals surface area contributed by atoms with Gasteiger partial charge in [-0.15, -0.1) is 21.5 Å². The minimum absolute atomic E-state index is 0.0526. The summed E-state index contributed by atoms with van der Waals surface area (Å²) in [6.07, 6.45) is 0.752. The minimum atomic E-state index is -0.362. The van der Waals surface area contributed by atoms with Crippen molar-refractivity contribution in [3.05, 3.63) is 50.6 Å². The molecule has 4 aromatic rings. The third-order valence-electron chi connectivity index (χ3n) is 7.33. The Morgan fingerprint density at radius 1 is 1.13 bits per heavy atom. The van der Waals surface area contributed by atoms with E-state index in [0.717, 1.165) is 26.5 Å². The summed E-state index contributed by atoms with van der Waals surface area (Å²) in [4.78, 5) is 31.1. The number of hydrogen-bond acceptors (Lipinski definition) is 8. The monoisotopic (exact) mass is 553 g/mol. The number of thiophene rings is 1. The maximum Gasteiger partial charge on any atom is 0.268 e. The van der Waals surface area contributed by atoms with Crippen molar-refractivity contribution in [2.45, 2.75) is 57.2 Å². The fourth-order valence-electron chi connectivity index (χ4n) is 5.12. The maximum atomic E-state index is 14.2. The first-order valence-electron chi connectivity index (χ1n) is 13.0. The molecule has 2 aliphatic heterocycles. The van der Waals surface area contributed by atoms with Crippen molar-refractivity contribution in [3.63, 3.8) is 0 Å². The van der Waals surface area contributed by atoms with E-state index in [1.54, 1.807) is 15.9 Å². The van der Waals surface area contributed by atoms with Crippen molar-refractivity contribution in [2.24, 2.45) is 5.92 Å². The predicted octanol–water partition coefficient (Wildman–Crippen LogP) is 3.84. The molecule has 1 fully saturated rings. The number of ether oxygens (including phenoxy) is 2. The number of amides is 1. The molecule has 0 radical (unpaired) electrons. The number of hydrogen-bond donors (Lipinski definition) is 0. The third kappa shape index (κ3) is 4.35. The Morgan fingerprint density at radius 3 is 2.58 bits per heavy atom. The molecule has 0 N–H and O–H groups in total. The van der Waals surface area contributed by atoms with E-state index in [1.165, 1.54) is 11.8 Å². The standard InChI is InChI=1S/C27H31N5O4S2/c1-15(2)20-13-19-21(14-36-20)38-25-22(19)24(34)31(18-7-5-16(3)6-8-18)26-28-29-27(32(25)26)37-17(4)23(33)30-9-11-35-12-10-30/h5-8,15,17,20H,9-14H2,1-4H3/t17-,20+/m0/s1. The molecule has 200 valence electrons. The molecule has 0 bridgehead atoms. The van der Waals surface area contributed by atoms with Crippen molar-refractivity contribution in [1.29, 1.82) is 0 Å². The zero-order valence-electron chi connectivity index (χ0n) is 22.0. The zero-order valence-corrected chi connectivity index (χ0v) is 23.6. The van der Waals surface area contributed by atoms with Gasteiger partial charge in [0, 0.05) is 24.4 Å². The molecular weight excluding hydrogens is 522 g/mol. The zero-order chi connectivity index (χ0) is 26.6. The van der Waals surface area contributed by atoms with Gasteiger partial charge in [0.25, 0.3) is 5.56 Å². The second-order valence-electron chi connectivity index (χ2n) is 10.3. The molecule has 6 rings (SSSR count). The fraction of sp³-hybridized carbons (Fsp3) is 0.481. The molecule has 1 amide bonds. The lowest BCUT2D eigenvalue weighted by atomic mass is 9.96. The van der Waals surface area contributed by atoms with Gasteiger partial charge in [-0.3, -0.25) is 9.59 Å². The van der Waals surface area contributed by atoms with E-state index in [9.17, 15) is 9.59 Å². The molecule has 2 aliphatic rings. The van der Waals surface area contributed by atoms with E-state index in [2.05, 4.69) is 24.0 Å². The van der Waals surface area contributed by atoms with E-state index < -0.39 is 0 Å². The van der Waals surface area contributed by atoms with Gasteiger partial charge in [0.2, 0.25) is 11.7 Å². The van der Waals surface area contributed by atoms with Gasteiger partial charge < -0.3 is 14.4 Å². The summed E-state index contributed by atoms with van der Waals surface area (Å²) >= 11 is 2.94. The van der Waals surface area contributed by atoms with Gasteiger partial charge in [0.1, 0.15) is 4.83 Å². The lowest BCUT2D eigenvalue weighted by Crippen LogP contribution is -2.44. The van der Waals surface area contributed by atoms with Gasteiger partial charge >= 0.3 is 0 Å². The van der Waals surface area contributed by atoms with E-state index in [1.807, 2.05) is 47.4 Å². The van der Waals surface area contributed by atoms with Crippen LogP contribution >= 0.6 is 23.1 Å². The van der Waals surface area contributed by atoms with E-state index in [0.29, 0.717) is 61.6 Å². The van der Waals surface area contributed by atoms with Crippen LogP contribution in [0.3, 0.4) is 0 Å². The number of benzene rings is 1. The van der Waals surface area contributed by atoms with E-state index >= 15 is 0 Å². The van der Waals surface area contributed by atoms with E-state index in [-0.39, 0.29) is 22.8 Å². The number of fused-ring (bicyclic) bond motifs is 5.